The third kappa shape index (κ3) is 5.22. The molecule has 1 unspecified atom stereocenters. The second kappa shape index (κ2) is 10.7. The lowest BCUT2D eigenvalue weighted by molar-refractivity contribution is -0.139. The molecule has 0 aromatic heterocycles. The van der Waals surface area contributed by atoms with Gasteiger partial charge in [0, 0.05) is 32.5 Å². The van der Waals surface area contributed by atoms with Gasteiger partial charge in [-0.25, -0.2) is 4.79 Å². The van der Waals surface area contributed by atoms with E-state index in [0.29, 0.717) is 25.9 Å². The quantitative estimate of drug-likeness (QED) is 0.619. The normalized spacial score (nSPS) is 16.4. The van der Waals surface area contributed by atoms with Gasteiger partial charge < -0.3 is 24.8 Å². The molecule has 1 saturated heterocycles. The maximum absolute atomic E-state index is 13.0. The van der Waals surface area contributed by atoms with E-state index in [-0.39, 0.29) is 37.4 Å². The molecule has 4 rings (SSSR count). The van der Waals surface area contributed by atoms with E-state index in [4.69, 9.17) is 14.6 Å². The van der Waals surface area contributed by atoms with E-state index in [9.17, 15) is 14.4 Å². The van der Waals surface area contributed by atoms with Crippen LogP contribution in [0.4, 0.5) is 4.79 Å². The molecular weight excluding hydrogens is 436 g/mol. The number of rotatable bonds is 8. The van der Waals surface area contributed by atoms with Gasteiger partial charge in [-0.3, -0.25) is 9.59 Å². The molecule has 8 heteroatoms. The highest BCUT2D eigenvalue weighted by atomic mass is 16.5. The molecule has 0 radical (unpaired) electrons. The van der Waals surface area contributed by atoms with Crippen LogP contribution < -0.4 is 5.32 Å². The SMILES string of the molecule is COCC(NC(=O)OCC1c2ccccc2-c2ccccc21)C(=O)N1CCC(CC(=O)O)CC1. The number of alkyl carbamates (subject to hydrolysis) is 1. The number of amides is 2. The molecule has 0 saturated carbocycles. The van der Waals surface area contributed by atoms with Gasteiger partial charge in [-0.05, 0) is 41.0 Å². The largest absolute Gasteiger partial charge is 0.481 e. The monoisotopic (exact) mass is 466 g/mol. The summed E-state index contributed by atoms with van der Waals surface area (Å²) in [5.74, 6) is -1.07. The zero-order chi connectivity index (χ0) is 24.1. The van der Waals surface area contributed by atoms with Crippen molar-refractivity contribution in [3.63, 3.8) is 0 Å². The van der Waals surface area contributed by atoms with E-state index in [1.54, 1.807) is 4.90 Å². The zero-order valence-corrected chi connectivity index (χ0v) is 19.2. The molecular formula is C26H30N2O6. The van der Waals surface area contributed by atoms with E-state index in [1.807, 2.05) is 36.4 Å². The van der Waals surface area contributed by atoms with Crippen molar-refractivity contribution in [3.8, 4) is 11.1 Å². The Morgan fingerprint density at radius 3 is 2.18 bits per heavy atom. The highest BCUT2D eigenvalue weighted by Gasteiger charge is 2.32. The Morgan fingerprint density at radius 2 is 1.62 bits per heavy atom. The van der Waals surface area contributed by atoms with Crippen LogP contribution in [0, 0.1) is 5.92 Å². The molecule has 2 N–H and O–H groups in total. The molecule has 2 aromatic carbocycles. The minimum atomic E-state index is -0.864. The van der Waals surface area contributed by atoms with Crippen LogP contribution in [-0.4, -0.2) is 67.4 Å². The third-order valence-corrected chi connectivity index (χ3v) is 6.66. The van der Waals surface area contributed by atoms with E-state index in [1.165, 1.54) is 7.11 Å². The number of ether oxygens (including phenoxy) is 2. The summed E-state index contributed by atoms with van der Waals surface area (Å²) in [5, 5.41) is 11.6. The summed E-state index contributed by atoms with van der Waals surface area (Å²) in [5.41, 5.74) is 4.52. The number of nitrogens with one attached hydrogen (secondary N) is 1. The van der Waals surface area contributed by atoms with E-state index in [2.05, 4.69) is 17.4 Å². The number of carbonyl (C=O) groups is 3. The first-order valence-corrected chi connectivity index (χ1v) is 11.6. The maximum Gasteiger partial charge on any atom is 0.407 e. The predicted molar refractivity (Wildman–Crippen MR) is 125 cm³/mol. The number of nitrogens with zero attached hydrogens (tertiary/aromatic N) is 1. The minimum Gasteiger partial charge on any atom is -0.481 e. The fourth-order valence-corrected chi connectivity index (χ4v) is 4.95. The van der Waals surface area contributed by atoms with Crippen molar-refractivity contribution in [1.82, 2.24) is 10.2 Å². The molecule has 1 aliphatic carbocycles. The van der Waals surface area contributed by atoms with Gasteiger partial charge in [-0.1, -0.05) is 48.5 Å². The van der Waals surface area contributed by atoms with Gasteiger partial charge in [0.05, 0.1) is 6.61 Å². The van der Waals surface area contributed by atoms with Crippen molar-refractivity contribution in [2.45, 2.75) is 31.2 Å². The molecule has 1 atom stereocenters. The number of fused-ring (bicyclic) bond motifs is 3. The number of likely N-dealkylation sites (tertiary alicyclic amines) is 1. The van der Waals surface area contributed by atoms with Crippen LogP contribution in [0.2, 0.25) is 0 Å². The number of carbonyl (C=O) groups excluding carboxylic acids is 2. The number of piperidine rings is 1. The average Bonchev–Trinajstić information content (AvgIpc) is 3.16. The van der Waals surface area contributed by atoms with Gasteiger partial charge in [0.2, 0.25) is 5.91 Å². The molecule has 2 aromatic rings. The van der Waals surface area contributed by atoms with Crippen LogP contribution >= 0.6 is 0 Å². The van der Waals surface area contributed by atoms with Crippen molar-refractivity contribution < 1.29 is 29.0 Å². The number of aliphatic carboxylic acids is 1. The van der Waals surface area contributed by atoms with Gasteiger partial charge in [0.15, 0.2) is 0 Å². The van der Waals surface area contributed by atoms with Crippen LogP contribution in [-0.2, 0) is 19.1 Å². The van der Waals surface area contributed by atoms with E-state index < -0.39 is 18.1 Å². The van der Waals surface area contributed by atoms with Crippen LogP contribution in [0.3, 0.4) is 0 Å². The average molecular weight is 467 g/mol. The van der Waals surface area contributed by atoms with Crippen LogP contribution in [0.5, 0.6) is 0 Å². The first-order valence-electron chi connectivity index (χ1n) is 11.6. The minimum absolute atomic E-state index is 0.0259. The smallest absolute Gasteiger partial charge is 0.407 e. The Labute approximate surface area is 198 Å². The van der Waals surface area contributed by atoms with Crippen LogP contribution in [0.1, 0.15) is 36.3 Å². The summed E-state index contributed by atoms with van der Waals surface area (Å²) in [4.78, 5) is 38.2. The maximum atomic E-state index is 13.0. The summed E-state index contributed by atoms with van der Waals surface area (Å²) in [6.45, 7) is 1.11. The molecule has 1 aliphatic heterocycles. The van der Waals surface area contributed by atoms with Gasteiger partial charge in [-0.2, -0.15) is 0 Å². The van der Waals surface area contributed by atoms with Gasteiger partial charge >= 0.3 is 12.1 Å². The lowest BCUT2D eigenvalue weighted by atomic mass is 9.93. The highest BCUT2D eigenvalue weighted by molar-refractivity contribution is 5.86. The zero-order valence-electron chi connectivity index (χ0n) is 19.2. The number of hydrogen-bond acceptors (Lipinski definition) is 5. The predicted octanol–water partition coefficient (Wildman–Crippen LogP) is 3.25. The Balaban J connectivity index is 1.35. The fourth-order valence-electron chi connectivity index (χ4n) is 4.95. The summed E-state index contributed by atoms with van der Waals surface area (Å²) < 4.78 is 10.7. The molecule has 2 amide bonds. The highest BCUT2D eigenvalue weighted by Crippen LogP contribution is 2.44. The molecule has 1 heterocycles. The molecule has 2 aliphatic rings. The summed E-state index contributed by atoms with van der Waals surface area (Å²) in [7, 11) is 1.47. The number of carboxylic acids is 1. The van der Waals surface area contributed by atoms with E-state index >= 15 is 0 Å². The van der Waals surface area contributed by atoms with Crippen molar-refractivity contribution in [3.05, 3.63) is 59.7 Å². The van der Waals surface area contributed by atoms with Crippen molar-refractivity contribution in [2.24, 2.45) is 5.92 Å². The summed E-state index contributed by atoms with van der Waals surface area (Å²) >= 11 is 0. The van der Waals surface area contributed by atoms with Crippen molar-refractivity contribution in [2.75, 3.05) is 33.4 Å². The summed E-state index contributed by atoms with van der Waals surface area (Å²) in [6.07, 6.45) is 0.699. The Kier molecular flexibility index (Phi) is 7.47. The molecule has 0 bridgehead atoms. The second-order valence-corrected chi connectivity index (χ2v) is 8.84. The fraction of sp³-hybridized carbons (Fsp3) is 0.423. The second-order valence-electron chi connectivity index (χ2n) is 8.84. The van der Waals surface area contributed by atoms with Crippen LogP contribution in [0.15, 0.2) is 48.5 Å². The molecule has 180 valence electrons. The van der Waals surface area contributed by atoms with Gasteiger partial charge in [0.25, 0.3) is 0 Å². The molecule has 34 heavy (non-hydrogen) atoms. The molecule has 8 nitrogen and oxygen atoms in total. The number of methoxy groups -OCH3 is 1. The number of carboxylic acid groups (broad SMARTS) is 1. The third-order valence-electron chi connectivity index (χ3n) is 6.66. The number of hydrogen-bond donors (Lipinski definition) is 2. The van der Waals surface area contributed by atoms with Gasteiger partial charge in [-0.15, -0.1) is 0 Å². The molecule has 1 fully saturated rings. The Bertz CT molecular complexity index is 1000. The Morgan fingerprint density at radius 1 is 1.03 bits per heavy atom. The lowest BCUT2D eigenvalue weighted by Gasteiger charge is -2.33. The Hall–Kier alpha value is -3.39. The first-order chi connectivity index (χ1) is 16.5. The van der Waals surface area contributed by atoms with Crippen molar-refractivity contribution >= 4 is 18.0 Å². The van der Waals surface area contributed by atoms with Gasteiger partial charge in [0.1, 0.15) is 12.6 Å². The molecule has 0 spiro atoms. The first kappa shape index (κ1) is 23.8. The van der Waals surface area contributed by atoms with E-state index in [0.717, 1.165) is 22.3 Å². The standard InChI is InChI=1S/C26H30N2O6/c1-33-16-23(25(31)28-12-10-17(11-13-28)14-24(29)30)27-26(32)34-15-22-20-8-4-2-6-18(20)19-7-3-5-9-21(19)22/h2-9,17,22-23H,10-16H2,1H3,(H,27,32)(H,29,30). The number of benzene rings is 2. The lowest BCUT2D eigenvalue weighted by Crippen LogP contribution is -2.52. The van der Waals surface area contributed by atoms with Crippen LogP contribution in [0.25, 0.3) is 11.1 Å². The van der Waals surface area contributed by atoms with Crippen molar-refractivity contribution in [1.29, 1.82) is 0 Å². The summed E-state index contributed by atoms with van der Waals surface area (Å²) in [6, 6.07) is 15.3. The topological polar surface area (TPSA) is 105 Å².